The largest absolute Gasteiger partial charge is 0.440 e. The van der Waals surface area contributed by atoms with E-state index in [-0.39, 0.29) is 16.4 Å². The topological polar surface area (TPSA) is 43.1 Å². The lowest BCUT2D eigenvalue weighted by molar-refractivity contribution is 0.0974. The zero-order chi connectivity index (χ0) is 12.7. The molecule has 0 fully saturated rings. The summed E-state index contributed by atoms with van der Waals surface area (Å²) in [6.45, 7) is 0. The lowest BCUT2D eigenvalue weighted by Crippen LogP contribution is -2.21. The van der Waals surface area contributed by atoms with Crippen molar-refractivity contribution in [3.63, 3.8) is 0 Å². The van der Waals surface area contributed by atoms with Gasteiger partial charge in [0.25, 0.3) is 0 Å². The molecule has 1 aliphatic rings. The lowest BCUT2D eigenvalue weighted by atomic mass is 10.0. The van der Waals surface area contributed by atoms with E-state index in [0.717, 1.165) is 0 Å². The van der Waals surface area contributed by atoms with Gasteiger partial charge < -0.3 is 4.42 Å². The fourth-order valence-corrected chi connectivity index (χ4v) is 2.41. The van der Waals surface area contributed by atoms with E-state index < -0.39 is 0 Å². The number of oxazole rings is 1. The van der Waals surface area contributed by atoms with E-state index >= 15 is 0 Å². The molecular weight excluding hydrogens is 301 g/mol. The highest BCUT2D eigenvalue weighted by Crippen LogP contribution is 2.29. The minimum Gasteiger partial charge on any atom is -0.440 e. The molecular formula is C13H9BrFNO2. The second kappa shape index (κ2) is 4.31. The molecule has 1 heterocycles. The lowest BCUT2D eigenvalue weighted by Gasteiger charge is -2.11. The molecule has 3 rings (SSSR count). The molecule has 1 aliphatic carbocycles. The number of aromatic nitrogens is 1. The van der Waals surface area contributed by atoms with Crippen LogP contribution in [0.5, 0.6) is 0 Å². The van der Waals surface area contributed by atoms with Crippen molar-refractivity contribution in [3.8, 4) is 11.5 Å². The Morgan fingerprint density at radius 2 is 2.06 bits per heavy atom. The number of Topliss-reactive ketones (excluding diaryl/α,β-unsaturated/α-hetero) is 1. The van der Waals surface area contributed by atoms with Crippen molar-refractivity contribution in [2.75, 3.05) is 0 Å². The normalized spacial score (nSPS) is 18.8. The maximum absolute atomic E-state index is 12.8. The molecule has 2 aromatic rings. The van der Waals surface area contributed by atoms with Gasteiger partial charge in [-0.25, -0.2) is 9.37 Å². The summed E-state index contributed by atoms with van der Waals surface area (Å²) >= 11 is 3.32. The molecule has 0 N–H and O–H groups in total. The van der Waals surface area contributed by atoms with Gasteiger partial charge in [-0.05, 0) is 30.7 Å². The Morgan fingerprint density at radius 1 is 1.33 bits per heavy atom. The van der Waals surface area contributed by atoms with E-state index in [1.54, 1.807) is 12.1 Å². The van der Waals surface area contributed by atoms with E-state index in [0.29, 0.717) is 35.7 Å². The van der Waals surface area contributed by atoms with E-state index in [2.05, 4.69) is 20.9 Å². The summed E-state index contributed by atoms with van der Waals surface area (Å²) in [7, 11) is 0. The fraction of sp³-hybridized carbons (Fsp3) is 0.231. The van der Waals surface area contributed by atoms with Crippen molar-refractivity contribution in [2.45, 2.75) is 17.7 Å². The van der Waals surface area contributed by atoms with Gasteiger partial charge in [-0.15, -0.1) is 0 Å². The number of rotatable bonds is 1. The number of ketones is 1. The van der Waals surface area contributed by atoms with Gasteiger partial charge in [0.05, 0.1) is 4.83 Å². The molecule has 0 saturated heterocycles. The quantitative estimate of drug-likeness (QED) is 0.759. The predicted molar refractivity (Wildman–Crippen MR) is 67.3 cm³/mol. The Labute approximate surface area is 111 Å². The Balaban J connectivity index is 2.03. The third kappa shape index (κ3) is 1.88. The number of aryl methyl sites for hydroxylation is 1. The zero-order valence-electron chi connectivity index (χ0n) is 9.32. The first kappa shape index (κ1) is 11.6. The first-order valence-electron chi connectivity index (χ1n) is 5.59. The second-order valence-corrected chi connectivity index (χ2v) is 5.27. The van der Waals surface area contributed by atoms with Gasteiger partial charge in [0.15, 0.2) is 5.78 Å². The smallest absolute Gasteiger partial charge is 0.226 e. The summed E-state index contributed by atoms with van der Waals surface area (Å²) in [5.41, 5.74) is 1.06. The SMILES string of the molecule is O=C1c2nc(-c3ccc(F)cc3)oc2CCC1Br. The number of alkyl halides is 1. The maximum Gasteiger partial charge on any atom is 0.226 e. The molecule has 0 aliphatic heterocycles. The number of fused-ring (bicyclic) bond motifs is 1. The van der Waals surface area contributed by atoms with Crippen LogP contribution in [0, 0.1) is 5.82 Å². The van der Waals surface area contributed by atoms with Crippen LogP contribution < -0.4 is 0 Å². The van der Waals surface area contributed by atoms with E-state index in [4.69, 9.17) is 4.42 Å². The van der Waals surface area contributed by atoms with Gasteiger partial charge in [0.1, 0.15) is 17.3 Å². The standard InChI is InChI=1S/C13H9BrFNO2/c14-9-5-6-10-11(12(9)17)16-13(18-10)7-1-3-8(15)4-2-7/h1-4,9H,5-6H2. The van der Waals surface area contributed by atoms with E-state index in [9.17, 15) is 9.18 Å². The monoisotopic (exact) mass is 309 g/mol. The number of nitrogens with zero attached hydrogens (tertiary/aromatic N) is 1. The van der Waals surface area contributed by atoms with Crippen molar-refractivity contribution >= 4 is 21.7 Å². The van der Waals surface area contributed by atoms with Crippen LogP contribution in [0.3, 0.4) is 0 Å². The third-order valence-corrected chi connectivity index (χ3v) is 3.80. The maximum atomic E-state index is 12.8. The molecule has 1 aromatic carbocycles. The third-order valence-electron chi connectivity index (χ3n) is 2.93. The summed E-state index contributed by atoms with van der Waals surface area (Å²) in [4.78, 5) is 15.9. The minimum absolute atomic E-state index is 0.0478. The van der Waals surface area contributed by atoms with Gasteiger partial charge in [-0.2, -0.15) is 0 Å². The zero-order valence-corrected chi connectivity index (χ0v) is 10.9. The van der Waals surface area contributed by atoms with Gasteiger partial charge in [0.2, 0.25) is 5.89 Å². The van der Waals surface area contributed by atoms with Gasteiger partial charge in [-0.3, -0.25) is 4.79 Å². The number of benzene rings is 1. The number of hydrogen-bond acceptors (Lipinski definition) is 3. The Kier molecular flexibility index (Phi) is 2.78. The van der Waals surface area contributed by atoms with Crippen molar-refractivity contribution < 1.29 is 13.6 Å². The van der Waals surface area contributed by atoms with Crippen molar-refractivity contribution in [2.24, 2.45) is 0 Å². The number of carbonyl (C=O) groups excluding carboxylic acids is 1. The Hall–Kier alpha value is -1.49. The molecule has 5 heteroatoms. The molecule has 18 heavy (non-hydrogen) atoms. The van der Waals surface area contributed by atoms with Gasteiger partial charge in [-0.1, -0.05) is 15.9 Å². The van der Waals surface area contributed by atoms with E-state index in [1.165, 1.54) is 12.1 Å². The average molecular weight is 310 g/mol. The number of halogens is 2. The molecule has 0 radical (unpaired) electrons. The molecule has 0 amide bonds. The highest BCUT2D eigenvalue weighted by molar-refractivity contribution is 9.10. The van der Waals surface area contributed by atoms with Crippen LogP contribution in [0.4, 0.5) is 4.39 Å². The van der Waals surface area contributed by atoms with Crippen molar-refractivity contribution in [3.05, 3.63) is 41.5 Å². The van der Waals surface area contributed by atoms with Crippen molar-refractivity contribution in [1.82, 2.24) is 4.98 Å². The summed E-state index contributed by atoms with van der Waals surface area (Å²) in [5.74, 6) is 0.630. The first-order chi connectivity index (χ1) is 8.65. The average Bonchev–Trinajstić information content (AvgIpc) is 2.80. The molecule has 1 aromatic heterocycles. The van der Waals surface area contributed by atoms with Crippen LogP contribution in [-0.2, 0) is 6.42 Å². The van der Waals surface area contributed by atoms with Gasteiger partial charge >= 0.3 is 0 Å². The second-order valence-electron chi connectivity index (χ2n) is 4.17. The van der Waals surface area contributed by atoms with Crippen LogP contribution in [0.2, 0.25) is 0 Å². The predicted octanol–water partition coefficient (Wildman–Crippen LogP) is 3.37. The Morgan fingerprint density at radius 3 is 2.78 bits per heavy atom. The van der Waals surface area contributed by atoms with Crippen LogP contribution in [0.1, 0.15) is 22.7 Å². The molecule has 1 unspecified atom stereocenters. The summed E-state index contributed by atoms with van der Waals surface area (Å²) < 4.78 is 18.4. The molecule has 0 saturated carbocycles. The molecule has 92 valence electrons. The van der Waals surface area contributed by atoms with Crippen molar-refractivity contribution in [1.29, 1.82) is 0 Å². The highest BCUT2D eigenvalue weighted by atomic mass is 79.9. The molecule has 1 atom stereocenters. The molecule has 3 nitrogen and oxygen atoms in total. The summed E-state index contributed by atoms with van der Waals surface area (Å²) in [6, 6.07) is 5.85. The van der Waals surface area contributed by atoms with Crippen LogP contribution >= 0.6 is 15.9 Å². The minimum atomic E-state index is -0.313. The van der Waals surface area contributed by atoms with Gasteiger partial charge in [0, 0.05) is 12.0 Å². The van der Waals surface area contributed by atoms with Crippen LogP contribution in [-0.4, -0.2) is 15.6 Å². The van der Waals surface area contributed by atoms with E-state index in [1.807, 2.05) is 0 Å². The highest BCUT2D eigenvalue weighted by Gasteiger charge is 2.30. The summed E-state index contributed by atoms with van der Waals surface area (Å²) in [5, 5.41) is 0. The molecule has 0 spiro atoms. The Bertz CT molecular complexity index is 606. The fourth-order valence-electron chi connectivity index (χ4n) is 1.97. The van der Waals surface area contributed by atoms with Crippen LogP contribution in [0.15, 0.2) is 28.7 Å². The first-order valence-corrected chi connectivity index (χ1v) is 6.50. The van der Waals surface area contributed by atoms with Crippen LogP contribution in [0.25, 0.3) is 11.5 Å². The summed E-state index contributed by atoms with van der Waals surface area (Å²) in [6.07, 6.45) is 1.40. The number of hydrogen-bond donors (Lipinski definition) is 0. The molecule has 0 bridgehead atoms. The number of carbonyl (C=O) groups is 1.